The van der Waals surface area contributed by atoms with Crippen molar-refractivity contribution in [3.8, 4) is 5.75 Å². The molecule has 0 aliphatic carbocycles. The first kappa shape index (κ1) is 24.8. The molecule has 4 rings (SSSR count). The second-order valence-electron chi connectivity index (χ2n) is 8.22. The number of hydrogen-bond acceptors (Lipinski definition) is 5. The number of aromatic nitrogens is 2. The first-order valence-corrected chi connectivity index (χ1v) is 11.1. The number of methoxy groups -OCH3 is 1. The zero-order valence-electron chi connectivity index (χ0n) is 19.2. The number of aliphatic imine (C=N–C) groups is 1. The first-order valence-electron chi connectivity index (χ1n) is 11.1. The van der Waals surface area contributed by atoms with Gasteiger partial charge in [0.15, 0.2) is 5.96 Å². The zero-order chi connectivity index (χ0) is 21.6. The summed E-state index contributed by atoms with van der Waals surface area (Å²) in [6.07, 6.45) is 6.43. The number of nitrogens with zero attached hydrogens (tertiary/aromatic N) is 5. The van der Waals surface area contributed by atoms with E-state index in [1.54, 1.807) is 7.11 Å². The summed E-state index contributed by atoms with van der Waals surface area (Å²) in [5, 5.41) is 7.94. The Morgan fingerprint density at radius 1 is 1.31 bits per heavy atom. The molecule has 3 heterocycles. The Kier molecular flexibility index (Phi) is 9.18. The van der Waals surface area contributed by atoms with Crippen molar-refractivity contribution in [1.82, 2.24) is 24.9 Å². The van der Waals surface area contributed by atoms with Crippen LogP contribution in [0.15, 0.2) is 41.7 Å². The van der Waals surface area contributed by atoms with Crippen LogP contribution in [0.4, 0.5) is 0 Å². The summed E-state index contributed by atoms with van der Waals surface area (Å²) >= 11 is 0. The maximum Gasteiger partial charge on any atom is 0.193 e. The Labute approximate surface area is 208 Å². The molecule has 2 aliphatic heterocycles. The zero-order valence-corrected chi connectivity index (χ0v) is 21.6. The molecule has 9 heteroatoms. The number of aryl methyl sites for hydroxylation is 1. The van der Waals surface area contributed by atoms with Crippen LogP contribution in [-0.2, 0) is 11.8 Å². The summed E-state index contributed by atoms with van der Waals surface area (Å²) in [5.74, 6) is 1.82. The van der Waals surface area contributed by atoms with E-state index in [1.807, 2.05) is 37.2 Å². The van der Waals surface area contributed by atoms with Gasteiger partial charge in [0.05, 0.1) is 32.5 Å². The third kappa shape index (κ3) is 5.93. The number of nitrogens with one attached hydrogen (secondary N) is 1. The average molecular weight is 554 g/mol. The van der Waals surface area contributed by atoms with Crippen LogP contribution in [0.1, 0.15) is 36.1 Å². The number of morpholine rings is 1. The van der Waals surface area contributed by atoms with E-state index in [9.17, 15) is 0 Å². The maximum absolute atomic E-state index is 6.00. The van der Waals surface area contributed by atoms with Gasteiger partial charge in [-0.15, -0.1) is 24.0 Å². The normalized spacial score (nSPS) is 20.7. The predicted octanol–water partition coefficient (Wildman–Crippen LogP) is 2.83. The molecule has 2 aromatic rings. The van der Waals surface area contributed by atoms with Gasteiger partial charge < -0.3 is 19.7 Å². The monoisotopic (exact) mass is 554 g/mol. The van der Waals surface area contributed by atoms with Gasteiger partial charge in [-0.3, -0.25) is 14.6 Å². The summed E-state index contributed by atoms with van der Waals surface area (Å²) in [5.41, 5.74) is 2.38. The lowest BCUT2D eigenvalue weighted by atomic mass is 10.0. The van der Waals surface area contributed by atoms with Gasteiger partial charge in [0.25, 0.3) is 0 Å². The summed E-state index contributed by atoms with van der Waals surface area (Å²) in [6.45, 7) is 5.31. The second kappa shape index (κ2) is 11.9. The summed E-state index contributed by atoms with van der Waals surface area (Å²) in [6, 6.07) is 8.71. The number of likely N-dealkylation sites (tertiary alicyclic amines) is 1. The number of rotatable bonds is 6. The highest BCUT2D eigenvalue weighted by Gasteiger charge is 2.27. The van der Waals surface area contributed by atoms with Crippen LogP contribution in [0, 0.1) is 0 Å². The van der Waals surface area contributed by atoms with Crippen LogP contribution in [0.5, 0.6) is 5.75 Å². The molecular formula is C23H35IN6O2. The molecule has 2 aliphatic rings. The van der Waals surface area contributed by atoms with Crippen LogP contribution >= 0.6 is 24.0 Å². The van der Waals surface area contributed by atoms with Crippen molar-refractivity contribution in [3.63, 3.8) is 0 Å². The third-order valence-corrected chi connectivity index (χ3v) is 6.19. The van der Waals surface area contributed by atoms with E-state index in [-0.39, 0.29) is 36.1 Å². The van der Waals surface area contributed by atoms with E-state index in [4.69, 9.17) is 9.47 Å². The van der Waals surface area contributed by atoms with Gasteiger partial charge in [0.1, 0.15) is 11.9 Å². The van der Waals surface area contributed by atoms with Crippen molar-refractivity contribution in [2.24, 2.45) is 12.0 Å². The lowest BCUT2D eigenvalue weighted by molar-refractivity contribution is -0.00812. The van der Waals surface area contributed by atoms with Crippen molar-refractivity contribution in [3.05, 3.63) is 47.8 Å². The molecule has 2 fully saturated rings. The van der Waals surface area contributed by atoms with E-state index >= 15 is 0 Å². The molecule has 2 unspecified atom stereocenters. The van der Waals surface area contributed by atoms with E-state index in [0.29, 0.717) is 6.61 Å². The number of benzene rings is 1. The molecule has 1 aromatic heterocycles. The topological polar surface area (TPSA) is 67.2 Å². The fourth-order valence-electron chi connectivity index (χ4n) is 4.53. The van der Waals surface area contributed by atoms with Gasteiger partial charge in [-0.05, 0) is 43.6 Å². The molecule has 32 heavy (non-hydrogen) atoms. The molecule has 8 nitrogen and oxygen atoms in total. The lowest BCUT2D eigenvalue weighted by Crippen LogP contribution is -2.49. The maximum atomic E-state index is 6.00. The van der Waals surface area contributed by atoms with E-state index in [2.05, 4.69) is 43.4 Å². The smallest absolute Gasteiger partial charge is 0.193 e. The molecule has 2 saturated heterocycles. The van der Waals surface area contributed by atoms with Crippen molar-refractivity contribution >= 4 is 29.9 Å². The van der Waals surface area contributed by atoms with E-state index < -0.39 is 0 Å². The fraction of sp³-hybridized carbons (Fsp3) is 0.565. The van der Waals surface area contributed by atoms with Crippen molar-refractivity contribution in [2.75, 3.05) is 53.5 Å². The van der Waals surface area contributed by atoms with Gasteiger partial charge in [-0.2, -0.15) is 5.10 Å². The largest absolute Gasteiger partial charge is 0.497 e. The molecule has 0 spiro atoms. The first-order chi connectivity index (χ1) is 15.2. The highest BCUT2D eigenvalue weighted by Crippen LogP contribution is 2.27. The highest BCUT2D eigenvalue weighted by molar-refractivity contribution is 14.0. The van der Waals surface area contributed by atoms with Gasteiger partial charge in [-0.25, -0.2) is 0 Å². The van der Waals surface area contributed by atoms with Crippen molar-refractivity contribution in [1.29, 1.82) is 0 Å². The number of hydrogen-bond donors (Lipinski definition) is 1. The van der Waals surface area contributed by atoms with Crippen LogP contribution in [0.3, 0.4) is 0 Å². The molecule has 0 amide bonds. The standard InChI is InChI=1S/C23H34N6O2.HI/c1-24-23(29-11-12-31-22(17-29)19-14-26-27(2)16-19)25-15-21(28-9-4-5-10-28)18-7-6-8-20(13-18)30-3;/h6-8,13-14,16,21-22H,4-5,9-12,15,17H2,1-3H3,(H,24,25);1H. The third-order valence-electron chi connectivity index (χ3n) is 6.19. The van der Waals surface area contributed by atoms with Gasteiger partial charge in [0, 0.05) is 38.9 Å². The van der Waals surface area contributed by atoms with Crippen LogP contribution in [0.2, 0.25) is 0 Å². The summed E-state index contributed by atoms with van der Waals surface area (Å²) < 4.78 is 13.3. The fourth-order valence-corrected chi connectivity index (χ4v) is 4.53. The van der Waals surface area contributed by atoms with Crippen molar-refractivity contribution < 1.29 is 9.47 Å². The molecule has 0 bridgehead atoms. The lowest BCUT2D eigenvalue weighted by Gasteiger charge is -2.36. The Balaban J connectivity index is 0.00000289. The molecule has 0 saturated carbocycles. The Morgan fingerprint density at radius 3 is 2.81 bits per heavy atom. The molecule has 1 N–H and O–H groups in total. The minimum atomic E-state index is 0. The minimum absolute atomic E-state index is 0. The van der Waals surface area contributed by atoms with Gasteiger partial charge in [0.2, 0.25) is 0 Å². The Morgan fingerprint density at radius 2 is 2.12 bits per heavy atom. The molecule has 0 radical (unpaired) electrons. The SMILES string of the molecule is CN=C(NCC(c1cccc(OC)c1)N1CCCC1)N1CCOC(c2cnn(C)c2)C1.I. The van der Waals surface area contributed by atoms with E-state index in [0.717, 1.165) is 50.0 Å². The predicted molar refractivity (Wildman–Crippen MR) is 137 cm³/mol. The molecule has 1 aromatic carbocycles. The van der Waals surface area contributed by atoms with Gasteiger partial charge in [-0.1, -0.05) is 12.1 Å². The molecular weight excluding hydrogens is 519 g/mol. The Hall–Kier alpha value is -1.85. The number of ether oxygens (including phenoxy) is 2. The summed E-state index contributed by atoms with van der Waals surface area (Å²) in [4.78, 5) is 9.43. The van der Waals surface area contributed by atoms with Crippen LogP contribution in [0.25, 0.3) is 0 Å². The molecule has 2 atom stereocenters. The number of halogens is 1. The summed E-state index contributed by atoms with van der Waals surface area (Å²) in [7, 11) is 5.51. The quantitative estimate of drug-likeness (QED) is 0.337. The molecule has 176 valence electrons. The second-order valence-corrected chi connectivity index (χ2v) is 8.22. The number of guanidine groups is 1. The van der Waals surface area contributed by atoms with Crippen molar-refractivity contribution in [2.45, 2.75) is 25.0 Å². The Bertz CT molecular complexity index is 883. The minimum Gasteiger partial charge on any atom is -0.497 e. The average Bonchev–Trinajstić information content (AvgIpc) is 3.49. The van der Waals surface area contributed by atoms with Gasteiger partial charge >= 0.3 is 0 Å². The van der Waals surface area contributed by atoms with Crippen LogP contribution < -0.4 is 10.1 Å². The van der Waals surface area contributed by atoms with Crippen LogP contribution in [-0.4, -0.2) is 79.0 Å². The highest BCUT2D eigenvalue weighted by atomic mass is 127. The van der Waals surface area contributed by atoms with E-state index in [1.165, 1.54) is 18.4 Å².